The zero-order chi connectivity index (χ0) is 31.5. The van der Waals surface area contributed by atoms with E-state index in [1.54, 1.807) is 12.5 Å². The Morgan fingerprint density at radius 1 is 1.15 bits per heavy atom. The fourth-order valence-corrected chi connectivity index (χ4v) is 3.73. The van der Waals surface area contributed by atoms with Crippen LogP contribution in [0.5, 0.6) is 0 Å². The lowest BCUT2D eigenvalue weighted by atomic mass is 9.93. The van der Waals surface area contributed by atoms with Gasteiger partial charge in [-0.1, -0.05) is 55.8 Å². The number of hydrogen-bond donors (Lipinski definition) is 4. The zero-order valence-corrected chi connectivity index (χ0v) is 24.4. The number of nitrogens with two attached hydrogens (primary N) is 1. The molecule has 41 heavy (non-hydrogen) atoms. The number of carbonyl (C=O) groups excluding carboxylic acids is 1. The molecular formula is C27H37Cl2F6N5O. The molecule has 14 heteroatoms. The SMILES string of the molecule is C=CNC=NCCCNCCC(CN)c1ccc(Cl)c(Cl)c1.CC.O=CNC1=CC(C(F)(F)F)=CC(C(F)(F)F)C1. The predicted octanol–water partition coefficient (Wildman–Crippen LogP) is 6.88. The number of nitrogens with zero attached hydrogens (tertiary/aromatic N) is 1. The summed E-state index contributed by atoms with van der Waals surface area (Å²) in [5, 5.41) is 9.21. The lowest BCUT2D eigenvalue weighted by Crippen LogP contribution is -2.29. The number of alkyl halides is 6. The van der Waals surface area contributed by atoms with Gasteiger partial charge >= 0.3 is 12.4 Å². The number of halogens is 8. The quantitative estimate of drug-likeness (QED) is 0.0628. The molecule has 1 aliphatic rings. The van der Waals surface area contributed by atoms with E-state index in [4.69, 9.17) is 28.9 Å². The average Bonchev–Trinajstić information content (AvgIpc) is 2.92. The van der Waals surface area contributed by atoms with E-state index in [2.05, 4.69) is 22.2 Å². The minimum Gasteiger partial charge on any atom is -0.354 e. The monoisotopic (exact) mass is 631 g/mol. The van der Waals surface area contributed by atoms with Crippen LogP contribution in [0.25, 0.3) is 0 Å². The molecule has 1 aromatic rings. The van der Waals surface area contributed by atoms with Crippen LogP contribution in [0.3, 0.4) is 0 Å². The lowest BCUT2D eigenvalue weighted by molar-refractivity contribution is -0.162. The maximum atomic E-state index is 12.4. The molecule has 2 unspecified atom stereocenters. The lowest BCUT2D eigenvalue weighted by Gasteiger charge is -2.24. The second-order valence-corrected chi connectivity index (χ2v) is 9.12. The second-order valence-electron chi connectivity index (χ2n) is 8.31. The number of nitrogens with one attached hydrogen (secondary N) is 3. The highest BCUT2D eigenvalue weighted by molar-refractivity contribution is 6.42. The van der Waals surface area contributed by atoms with Crippen molar-refractivity contribution in [3.8, 4) is 0 Å². The van der Waals surface area contributed by atoms with E-state index in [0.29, 0.717) is 22.7 Å². The summed E-state index contributed by atoms with van der Waals surface area (Å²) >= 11 is 12.0. The summed E-state index contributed by atoms with van der Waals surface area (Å²) in [6.07, 6.45) is -4.49. The Balaban J connectivity index is 0.000000757. The number of aliphatic imine (C=N–C) groups is 1. The van der Waals surface area contributed by atoms with Gasteiger partial charge in [-0.3, -0.25) is 9.79 Å². The molecule has 0 saturated heterocycles. The highest BCUT2D eigenvalue weighted by Gasteiger charge is 2.44. The number of carbonyl (C=O) groups is 1. The Labute approximate surface area is 247 Å². The molecule has 0 heterocycles. The van der Waals surface area contributed by atoms with Crippen LogP contribution in [0.1, 0.15) is 44.6 Å². The summed E-state index contributed by atoms with van der Waals surface area (Å²) in [7, 11) is 0. The molecule has 0 saturated carbocycles. The maximum Gasteiger partial charge on any atom is 0.416 e. The first-order chi connectivity index (χ1) is 19.3. The Morgan fingerprint density at radius 3 is 2.37 bits per heavy atom. The maximum absolute atomic E-state index is 12.4. The second kappa shape index (κ2) is 20.4. The molecule has 0 radical (unpaired) electrons. The van der Waals surface area contributed by atoms with E-state index in [1.165, 1.54) is 0 Å². The van der Waals surface area contributed by atoms with Crippen molar-refractivity contribution in [3.05, 3.63) is 70.0 Å². The van der Waals surface area contributed by atoms with Crippen LogP contribution in [0, 0.1) is 5.92 Å². The summed E-state index contributed by atoms with van der Waals surface area (Å²) in [6.45, 7) is 10.8. The highest BCUT2D eigenvalue weighted by atomic mass is 35.5. The summed E-state index contributed by atoms with van der Waals surface area (Å²) in [6, 6.07) is 5.72. The minimum atomic E-state index is -4.88. The topological polar surface area (TPSA) is 91.5 Å². The normalized spacial score (nSPS) is 15.8. The summed E-state index contributed by atoms with van der Waals surface area (Å²) in [5.74, 6) is -1.95. The molecule has 5 N–H and O–H groups in total. The van der Waals surface area contributed by atoms with Gasteiger partial charge in [0.15, 0.2) is 0 Å². The standard InChI is InChI=1S/C16H24Cl2N4.C9H7F6NO.C2H6/c1-2-20-12-22-8-3-7-21-9-6-14(11-19)13-4-5-15(17)16(18)10-13;10-8(11,12)5-1-6(9(13,14)15)3-7(2-5)16-4-17;1-2/h2,4-5,10,12,14,21H,1,3,6-9,11,19H2,(H,20,22);1-2,4,6H,3H2,(H,16,17);1-2H3. The van der Waals surface area contributed by atoms with E-state index in [0.717, 1.165) is 38.0 Å². The smallest absolute Gasteiger partial charge is 0.354 e. The van der Waals surface area contributed by atoms with E-state index in [1.807, 2.05) is 37.4 Å². The summed E-state index contributed by atoms with van der Waals surface area (Å²) in [4.78, 5) is 14.2. The molecule has 1 aromatic carbocycles. The van der Waals surface area contributed by atoms with Crippen LogP contribution in [0.15, 0.2) is 59.4 Å². The van der Waals surface area contributed by atoms with Gasteiger partial charge in [0.2, 0.25) is 6.41 Å². The summed E-state index contributed by atoms with van der Waals surface area (Å²) in [5.41, 5.74) is 5.19. The first-order valence-corrected chi connectivity index (χ1v) is 13.6. The van der Waals surface area contributed by atoms with Gasteiger partial charge in [-0.2, -0.15) is 26.3 Å². The van der Waals surface area contributed by atoms with Gasteiger partial charge in [0, 0.05) is 18.7 Å². The van der Waals surface area contributed by atoms with E-state index in [-0.39, 0.29) is 18.4 Å². The van der Waals surface area contributed by atoms with Crippen molar-refractivity contribution in [2.24, 2.45) is 16.6 Å². The number of benzene rings is 1. The van der Waals surface area contributed by atoms with Crippen molar-refractivity contribution < 1.29 is 31.1 Å². The molecule has 2 atom stereocenters. The van der Waals surface area contributed by atoms with Crippen LogP contribution in [-0.4, -0.2) is 51.3 Å². The predicted molar refractivity (Wildman–Crippen MR) is 154 cm³/mol. The molecule has 232 valence electrons. The Kier molecular flexibility index (Phi) is 19.1. The van der Waals surface area contributed by atoms with Gasteiger partial charge in [0.1, 0.15) is 0 Å². The van der Waals surface area contributed by atoms with Crippen LogP contribution >= 0.6 is 23.2 Å². The third-order valence-electron chi connectivity index (χ3n) is 5.44. The number of hydrogen-bond acceptors (Lipinski definition) is 4. The van der Waals surface area contributed by atoms with E-state index >= 15 is 0 Å². The molecule has 0 bridgehead atoms. The molecule has 0 spiro atoms. The first kappa shape index (κ1) is 38.5. The molecule has 2 rings (SSSR count). The van der Waals surface area contributed by atoms with Crippen LogP contribution < -0.4 is 21.7 Å². The van der Waals surface area contributed by atoms with Gasteiger partial charge in [-0.05, 0) is 68.4 Å². The van der Waals surface area contributed by atoms with Gasteiger partial charge in [-0.25, -0.2) is 0 Å². The molecule has 1 aliphatic carbocycles. The minimum absolute atomic E-state index is 0.0403. The number of amides is 1. The van der Waals surface area contributed by atoms with Gasteiger partial charge in [0.25, 0.3) is 0 Å². The zero-order valence-electron chi connectivity index (χ0n) is 22.9. The van der Waals surface area contributed by atoms with Gasteiger partial charge < -0.3 is 21.7 Å². The van der Waals surface area contributed by atoms with Gasteiger partial charge in [0.05, 0.1) is 27.9 Å². The number of allylic oxidation sites excluding steroid dienone is 4. The van der Waals surface area contributed by atoms with Gasteiger partial charge in [-0.15, -0.1) is 0 Å². The molecule has 1 amide bonds. The van der Waals surface area contributed by atoms with E-state index < -0.39 is 36.0 Å². The third-order valence-corrected chi connectivity index (χ3v) is 6.18. The van der Waals surface area contributed by atoms with Crippen molar-refractivity contribution in [2.45, 2.75) is 51.4 Å². The first-order valence-electron chi connectivity index (χ1n) is 12.8. The Morgan fingerprint density at radius 2 is 1.83 bits per heavy atom. The molecule has 6 nitrogen and oxygen atoms in total. The van der Waals surface area contributed by atoms with Crippen LogP contribution in [-0.2, 0) is 4.79 Å². The molecular weight excluding hydrogens is 595 g/mol. The van der Waals surface area contributed by atoms with Crippen molar-refractivity contribution in [3.63, 3.8) is 0 Å². The van der Waals surface area contributed by atoms with Crippen molar-refractivity contribution in [1.29, 1.82) is 0 Å². The number of rotatable bonds is 13. The highest BCUT2D eigenvalue weighted by Crippen LogP contribution is 2.39. The van der Waals surface area contributed by atoms with Crippen LogP contribution in [0.4, 0.5) is 26.3 Å². The fraction of sp³-hybridized carbons (Fsp3) is 0.481. The average molecular weight is 633 g/mol. The Hall–Kier alpha value is -2.54. The summed E-state index contributed by atoms with van der Waals surface area (Å²) < 4.78 is 74.0. The third kappa shape index (κ3) is 15.9. The molecule has 0 aromatic heterocycles. The molecule has 0 aliphatic heterocycles. The largest absolute Gasteiger partial charge is 0.416 e. The fourth-order valence-electron chi connectivity index (χ4n) is 3.42. The van der Waals surface area contributed by atoms with Crippen molar-refractivity contribution >= 4 is 36.0 Å². The van der Waals surface area contributed by atoms with Crippen molar-refractivity contribution in [1.82, 2.24) is 16.0 Å². The Bertz CT molecular complexity index is 1010. The van der Waals surface area contributed by atoms with Crippen LogP contribution in [0.2, 0.25) is 10.0 Å². The molecule has 0 fully saturated rings. The van der Waals surface area contributed by atoms with Crippen molar-refractivity contribution in [2.75, 3.05) is 26.2 Å². The van der Waals surface area contributed by atoms with E-state index in [9.17, 15) is 31.1 Å².